The number of aliphatic hydroxyl groups is 1. The summed E-state index contributed by atoms with van der Waals surface area (Å²) in [5, 5.41) is 13.0. The van der Waals surface area contributed by atoms with Gasteiger partial charge in [-0.25, -0.2) is 0 Å². The fourth-order valence-electron chi connectivity index (χ4n) is 4.00. The van der Waals surface area contributed by atoms with E-state index in [1.54, 1.807) is 0 Å². The standard InChI is InChI=1S/C19H28N2O2/c22-15-19(14-16-6-2-1-3-7-16)9-12-21(13-10-19)17-8-4-5-11-20-18(17)23/h1-3,6-7,17,22H,4-5,8-15H2,(H,20,23)/t17-/m0/s1. The molecule has 1 atom stereocenters. The molecular weight excluding hydrogens is 288 g/mol. The van der Waals surface area contributed by atoms with E-state index in [2.05, 4.69) is 34.5 Å². The molecule has 1 amide bonds. The van der Waals surface area contributed by atoms with Crippen LogP contribution in [0.5, 0.6) is 0 Å². The Hall–Kier alpha value is -1.39. The number of carbonyl (C=O) groups excluding carboxylic acids is 1. The monoisotopic (exact) mass is 316 g/mol. The molecule has 2 N–H and O–H groups in total. The molecule has 1 aromatic rings. The van der Waals surface area contributed by atoms with Crippen molar-refractivity contribution in [1.82, 2.24) is 10.2 Å². The van der Waals surface area contributed by atoms with Crippen molar-refractivity contribution < 1.29 is 9.90 Å². The lowest BCUT2D eigenvalue weighted by atomic mass is 9.74. The number of nitrogens with one attached hydrogen (secondary N) is 1. The summed E-state index contributed by atoms with van der Waals surface area (Å²) < 4.78 is 0. The van der Waals surface area contributed by atoms with Gasteiger partial charge in [0, 0.05) is 13.2 Å². The maximum atomic E-state index is 12.2. The van der Waals surface area contributed by atoms with Crippen LogP contribution in [0.2, 0.25) is 0 Å². The Bertz CT molecular complexity index is 509. The van der Waals surface area contributed by atoms with Crippen molar-refractivity contribution in [3.05, 3.63) is 35.9 Å². The minimum Gasteiger partial charge on any atom is -0.396 e. The van der Waals surface area contributed by atoms with Crippen molar-refractivity contribution in [1.29, 1.82) is 0 Å². The molecule has 23 heavy (non-hydrogen) atoms. The summed E-state index contributed by atoms with van der Waals surface area (Å²) in [4.78, 5) is 14.6. The van der Waals surface area contributed by atoms with Crippen molar-refractivity contribution in [2.24, 2.45) is 5.41 Å². The zero-order valence-corrected chi connectivity index (χ0v) is 13.8. The van der Waals surface area contributed by atoms with Crippen LogP contribution in [-0.4, -0.2) is 48.2 Å². The van der Waals surface area contributed by atoms with Crippen LogP contribution in [0.3, 0.4) is 0 Å². The molecule has 4 heteroatoms. The van der Waals surface area contributed by atoms with E-state index in [0.717, 1.165) is 58.2 Å². The Morgan fingerprint density at radius 1 is 1.17 bits per heavy atom. The molecule has 126 valence electrons. The quantitative estimate of drug-likeness (QED) is 0.893. The summed E-state index contributed by atoms with van der Waals surface area (Å²) in [6, 6.07) is 10.5. The number of carbonyl (C=O) groups is 1. The van der Waals surface area contributed by atoms with Gasteiger partial charge in [-0.05, 0) is 62.6 Å². The molecule has 0 unspecified atom stereocenters. The number of aliphatic hydroxyl groups excluding tert-OH is 1. The van der Waals surface area contributed by atoms with Crippen molar-refractivity contribution in [3.8, 4) is 0 Å². The highest BCUT2D eigenvalue weighted by molar-refractivity contribution is 5.81. The average molecular weight is 316 g/mol. The van der Waals surface area contributed by atoms with E-state index in [9.17, 15) is 9.90 Å². The van der Waals surface area contributed by atoms with Crippen LogP contribution in [0, 0.1) is 5.41 Å². The first-order chi connectivity index (χ1) is 11.2. The Kier molecular flexibility index (Phi) is 5.34. The molecule has 2 aliphatic heterocycles. The van der Waals surface area contributed by atoms with Crippen LogP contribution in [0.15, 0.2) is 30.3 Å². The van der Waals surface area contributed by atoms with E-state index in [4.69, 9.17) is 0 Å². The van der Waals surface area contributed by atoms with Gasteiger partial charge < -0.3 is 10.4 Å². The number of amides is 1. The molecule has 2 fully saturated rings. The molecule has 0 spiro atoms. The van der Waals surface area contributed by atoms with E-state index >= 15 is 0 Å². The normalized spacial score (nSPS) is 25.6. The van der Waals surface area contributed by atoms with Gasteiger partial charge in [0.2, 0.25) is 5.91 Å². The van der Waals surface area contributed by atoms with Crippen LogP contribution in [0.25, 0.3) is 0 Å². The van der Waals surface area contributed by atoms with Crippen molar-refractivity contribution >= 4 is 5.91 Å². The molecule has 3 rings (SSSR count). The lowest BCUT2D eigenvalue weighted by molar-refractivity contribution is -0.127. The predicted octanol–water partition coefficient (Wildman–Crippen LogP) is 1.97. The van der Waals surface area contributed by atoms with Crippen LogP contribution >= 0.6 is 0 Å². The summed E-state index contributed by atoms with van der Waals surface area (Å²) in [5.74, 6) is 0.196. The molecule has 2 heterocycles. The minimum atomic E-state index is -0.0287. The SMILES string of the molecule is O=C1NCCCC[C@@H]1N1CCC(CO)(Cc2ccccc2)CC1. The third kappa shape index (κ3) is 3.93. The second-order valence-electron chi connectivity index (χ2n) is 7.16. The number of rotatable bonds is 4. The topological polar surface area (TPSA) is 52.6 Å². The van der Waals surface area contributed by atoms with Gasteiger partial charge in [0.05, 0.1) is 6.04 Å². The smallest absolute Gasteiger partial charge is 0.237 e. The van der Waals surface area contributed by atoms with Gasteiger partial charge in [-0.15, -0.1) is 0 Å². The summed E-state index contributed by atoms with van der Waals surface area (Å²) in [7, 11) is 0. The number of hydrogen-bond acceptors (Lipinski definition) is 3. The molecule has 0 saturated carbocycles. The van der Waals surface area contributed by atoms with Crippen molar-refractivity contribution in [2.45, 2.75) is 44.6 Å². The molecule has 0 bridgehead atoms. The number of hydrogen-bond donors (Lipinski definition) is 2. The number of nitrogens with zero attached hydrogens (tertiary/aromatic N) is 1. The maximum Gasteiger partial charge on any atom is 0.237 e. The van der Waals surface area contributed by atoms with Gasteiger partial charge in [-0.3, -0.25) is 9.69 Å². The summed E-state index contributed by atoms with van der Waals surface area (Å²) >= 11 is 0. The Morgan fingerprint density at radius 3 is 2.61 bits per heavy atom. The van der Waals surface area contributed by atoms with Gasteiger partial charge in [0.25, 0.3) is 0 Å². The summed E-state index contributed by atoms with van der Waals surface area (Å²) in [5.41, 5.74) is 1.27. The zero-order valence-electron chi connectivity index (χ0n) is 13.8. The Labute approximate surface area is 138 Å². The van der Waals surface area contributed by atoms with Gasteiger partial charge >= 0.3 is 0 Å². The van der Waals surface area contributed by atoms with E-state index in [0.29, 0.717) is 0 Å². The molecule has 0 aromatic heterocycles. The van der Waals surface area contributed by atoms with E-state index < -0.39 is 0 Å². The molecule has 0 aliphatic carbocycles. The number of likely N-dealkylation sites (tertiary alicyclic amines) is 1. The maximum absolute atomic E-state index is 12.2. The highest BCUT2D eigenvalue weighted by atomic mass is 16.3. The van der Waals surface area contributed by atoms with Crippen LogP contribution in [0.1, 0.15) is 37.7 Å². The highest BCUT2D eigenvalue weighted by Crippen LogP contribution is 2.36. The first-order valence-corrected chi connectivity index (χ1v) is 8.89. The van der Waals surface area contributed by atoms with Crippen molar-refractivity contribution in [3.63, 3.8) is 0 Å². The van der Waals surface area contributed by atoms with Crippen LogP contribution in [0.4, 0.5) is 0 Å². The van der Waals surface area contributed by atoms with E-state index in [1.165, 1.54) is 5.56 Å². The third-order valence-electron chi connectivity index (χ3n) is 5.56. The highest BCUT2D eigenvalue weighted by Gasteiger charge is 2.37. The average Bonchev–Trinajstić information content (AvgIpc) is 2.81. The molecule has 2 aliphatic rings. The fourth-order valence-corrected chi connectivity index (χ4v) is 4.00. The van der Waals surface area contributed by atoms with E-state index in [-0.39, 0.29) is 24.0 Å². The fraction of sp³-hybridized carbons (Fsp3) is 0.632. The zero-order chi connectivity index (χ0) is 16.1. The Morgan fingerprint density at radius 2 is 1.91 bits per heavy atom. The van der Waals surface area contributed by atoms with Crippen LogP contribution < -0.4 is 5.32 Å². The van der Waals surface area contributed by atoms with Crippen LogP contribution in [-0.2, 0) is 11.2 Å². The van der Waals surface area contributed by atoms with Gasteiger partial charge in [0.15, 0.2) is 0 Å². The number of benzene rings is 1. The first kappa shape index (κ1) is 16.5. The second kappa shape index (κ2) is 7.45. The largest absolute Gasteiger partial charge is 0.396 e. The molecule has 0 radical (unpaired) electrons. The lowest BCUT2D eigenvalue weighted by Crippen LogP contribution is -2.52. The molecule has 1 aromatic carbocycles. The predicted molar refractivity (Wildman–Crippen MR) is 91.1 cm³/mol. The third-order valence-corrected chi connectivity index (χ3v) is 5.56. The van der Waals surface area contributed by atoms with Gasteiger partial charge in [-0.1, -0.05) is 30.3 Å². The van der Waals surface area contributed by atoms with E-state index in [1.807, 2.05) is 6.07 Å². The van der Waals surface area contributed by atoms with Gasteiger partial charge in [-0.2, -0.15) is 0 Å². The molecule has 4 nitrogen and oxygen atoms in total. The minimum absolute atomic E-state index is 0.0287. The molecular formula is C19H28N2O2. The summed E-state index contributed by atoms with van der Waals surface area (Å²) in [6.45, 7) is 2.86. The van der Waals surface area contributed by atoms with Gasteiger partial charge in [0.1, 0.15) is 0 Å². The first-order valence-electron chi connectivity index (χ1n) is 8.89. The second-order valence-corrected chi connectivity index (χ2v) is 7.16. The van der Waals surface area contributed by atoms with Crippen molar-refractivity contribution in [2.75, 3.05) is 26.2 Å². The Balaban J connectivity index is 1.62. The number of piperidine rings is 1. The molecule has 2 saturated heterocycles. The lowest BCUT2D eigenvalue weighted by Gasteiger charge is -2.43. The summed E-state index contributed by atoms with van der Waals surface area (Å²) in [6.07, 6.45) is 6.02.